The molecule has 160 valence electrons. The van der Waals surface area contributed by atoms with E-state index in [2.05, 4.69) is 34.4 Å². The largest absolute Gasteiger partial charge is 0.493 e. The van der Waals surface area contributed by atoms with E-state index < -0.39 is 0 Å². The monoisotopic (exact) mass is 506 g/mol. The lowest BCUT2D eigenvalue weighted by Gasteiger charge is -2.37. The summed E-state index contributed by atoms with van der Waals surface area (Å²) in [7, 11) is 5.08. The lowest BCUT2D eigenvalue weighted by Crippen LogP contribution is -2.52. The van der Waals surface area contributed by atoms with Crippen molar-refractivity contribution in [1.29, 1.82) is 0 Å². The Balaban J connectivity index is 0.00000392. The van der Waals surface area contributed by atoms with Crippen LogP contribution in [0.15, 0.2) is 23.2 Å². The van der Waals surface area contributed by atoms with Crippen molar-refractivity contribution in [2.45, 2.75) is 26.4 Å². The Kier molecular flexibility index (Phi) is 11.6. The van der Waals surface area contributed by atoms with Gasteiger partial charge in [-0.1, -0.05) is 19.9 Å². The minimum Gasteiger partial charge on any atom is -0.493 e. The van der Waals surface area contributed by atoms with Gasteiger partial charge in [-0.25, -0.2) is 0 Å². The number of nitrogens with zero attached hydrogens (tertiary/aromatic N) is 2. The SMILES string of the molecule is CN=C(NCc1ccc(OC)c(OC)c1)NCC(C(C)C)N1CCOCC1.I. The molecule has 1 aliphatic heterocycles. The molecule has 0 amide bonds. The Morgan fingerprint density at radius 1 is 1.14 bits per heavy atom. The van der Waals surface area contributed by atoms with Crippen LogP contribution in [0.5, 0.6) is 11.5 Å². The molecule has 0 radical (unpaired) electrons. The maximum Gasteiger partial charge on any atom is 0.191 e. The molecule has 0 aliphatic carbocycles. The van der Waals surface area contributed by atoms with Crippen LogP contribution in [0.4, 0.5) is 0 Å². The third kappa shape index (κ3) is 7.29. The maximum atomic E-state index is 5.48. The molecule has 0 spiro atoms. The summed E-state index contributed by atoms with van der Waals surface area (Å²) < 4.78 is 16.1. The number of benzene rings is 1. The highest BCUT2D eigenvalue weighted by Gasteiger charge is 2.23. The molecule has 7 nitrogen and oxygen atoms in total. The van der Waals surface area contributed by atoms with Crippen molar-refractivity contribution in [2.75, 3.05) is 54.1 Å². The van der Waals surface area contributed by atoms with Crippen LogP contribution >= 0.6 is 24.0 Å². The summed E-state index contributed by atoms with van der Waals surface area (Å²) in [6.45, 7) is 9.64. The molecule has 8 heteroatoms. The topological polar surface area (TPSA) is 67.4 Å². The summed E-state index contributed by atoms with van der Waals surface area (Å²) in [4.78, 5) is 6.85. The van der Waals surface area contributed by atoms with Crippen molar-refractivity contribution in [1.82, 2.24) is 15.5 Å². The molecule has 1 aromatic carbocycles. The normalized spacial score (nSPS) is 16.3. The molecule has 1 unspecified atom stereocenters. The minimum atomic E-state index is 0. The zero-order valence-electron chi connectivity index (χ0n) is 17.7. The van der Waals surface area contributed by atoms with Gasteiger partial charge in [-0.15, -0.1) is 24.0 Å². The van der Waals surface area contributed by atoms with Crippen molar-refractivity contribution in [2.24, 2.45) is 10.9 Å². The zero-order valence-corrected chi connectivity index (χ0v) is 20.0. The second-order valence-electron chi connectivity index (χ2n) is 6.96. The summed E-state index contributed by atoms with van der Waals surface area (Å²) in [5.41, 5.74) is 1.10. The highest BCUT2D eigenvalue weighted by Crippen LogP contribution is 2.27. The highest BCUT2D eigenvalue weighted by atomic mass is 127. The fourth-order valence-electron chi connectivity index (χ4n) is 3.29. The van der Waals surface area contributed by atoms with Crippen LogP contribution in [0.1, 0.15) is 19.4 Å². The number of halogens is 1. The van der Waals surface area contributed by atoms with Gasteiger partial charge in [-0.3, -0.25) is 9.89 Å². The molecule has 0 aromatic heterocycles. The average Bonchev–Trinajstić information content (AvgIpc) is 2.70. The number of hydrogen-bond acceptors (Lipinski definition) is 5. The number of methoxy groups -OCH3 is 2. The Labute approximate surface area is 186 Å². The van der Waals surface area contributed by atoms with Crippen LogP contribution in [0.25, 0.3) is 0 Å². The number of aliphatic imine (C=N–C) groups is 1. The van der Waals surface area contributed by atoms with Gasteiger partial charge in [0.1, 0.15) is 0 Å². The molecule has 1 aliphatic rings. The van der Waals surface area contributed by atoms with Crippen LogP contribution in [0, 0.1) is 5.92 Å². The Hall–Kier alpha value is -1.26. The van der Waals surface area contributed by atoms with E-state index in [0.29, 0.717) is 18.5 Å². The Bertz CT molecular complexity index is 607. The second-order valence-corrected chi connectivity index (χ2v) is 6.96. The first kappa shape index (κ1) is 24.8. The lowest BCUT2D eigenvalue weighted by atomic mass is 10.0. The molecule has 1 heterocycles. The molecular formula is C20H35IN4O3. The van der Waals surface area contributed by atoms with Crippen molar-refractivity contribution in [3.05, 3.63) is 23.8 Å². The zero-order chi connectivity index (χ0) is 19.6. The van der Waals surface area contributed by atoms with E-state index in [1.54, 1.807) is 21.3 Å². The van der Waals surface area contributed by atoms with Crippen molar-refractivity contribution in [3.63, 3.8) is 0 Å². The van der Waals surface area contributed by atoms with Gasteiger partial charge in [-0.2, -0.15) is 0 Å². The van der Waals surface area contributed by atoms with Gasteiger partial charge in [0.05, 0.1) is 27.4 Å². The van der Waals surface area contributed by atoms with E-state index in [0.717, 1.165) is 55.9 Å². The molecule has 0 saturated carbocycles. The summed E-state index contributed by atoms with van der Waals surface area (Å²) >= 11 is 0. The van der Waals surface area contributed by atoms with Gasteiger partial charge in [-0.05, 0) is 23.6 Å². The minimum absolute atomic E-state index is 0. The Morgan fingerprint density at radius 2 is 1.82 bits per heavy atom. The highest BCUT2D eigenvalue weighted by molar-refractivity contribution is 14.0. The van der Waals surface area contributed by atoms with E-state index in [1.165, 1.54) is 0 Å². The molecule has 1 atom stereocenters. The third-order valence-corrected chi connectivity index (χ3v) is 4.89. The number of guanidine groups is 1. The van der Waals surface area contributed by atoms with Crippen LogP contribution in [0.3, 0.4) is 0 Å². The standard InChI is InChI=1S/C20H34N4O3.HI/c1-15(2)17(24-8-10-27-11-9-24)14-23-20(21-3)22-13-16-6-7-18(25-4)19(12-16)26-5;/h6-7,12,15,17H,8-11,13-14H2,1-5H3,(H2,21,22,23);1H. The quantitative estimate of drug-likeness (QED) is 0.321. The number of nitrogens with one attached hydrogen (secondary N) is 2. The average molecular weight is 506 g/mol. The third-order valence-electron chi connectivity index (χ3n) is 4.89. The number of morpholine rings is 1. The summed E-state index contributed by atoms with van der Waals surface area (Å²) in [5, 5.41) is 6.84. The number of rotatable bonds is 8. The van der Waals surface area contributed by atoms with E-state index in [-0.39, 0.29) is 24.0 Å². The van der Waals surface area contributed by atoms with Gasteiger partial charge < -0.3 is 24.8 Å². The van der Waals surface area contributed by atoms with Crippen LogP contribution in [0.2, 0.25) is 0 Å². The number of hydrogen-bond donors (Lipinski definition) is 2. The molecule has 1 aromatic rings. The maximum absolute atomic E-state index is 5.48. The van der Waals surface area contributed by atoms with Gasteiger partial charge in [0.25, 0.3) is 0 Å². The Morgan fingerprint density at radius 3 is 2.39 bits per heavy atom. The first-order valence-electron chi connectivity index (χ1n) is 9.56. The predicted molar refractivity (Wildman–Crippen MR) is 124 cm³/mol. The molecule has 0 bridgehead atoms. The number of ether oxygens (including phenoxy) is 3. The smallest absolute Gasteiger partial charge is 0.191 e. The first-order valence-corrected chi connectivity index (χ1v) is 9.56. The fourth-order valence-corrected chi connectivity index (χ4v) is 3.29. The summed E-state index contributed by atoms with van der Waals surface area (Å²) in [6.07, 6.45) is 0. The molecule has 28 heavy (non-hydrogen) atoms. The van der Waals surface area contributed by atoms with E-state index in [9.17, 15) is 0 Å². The van der Waals surface area contributed by atoms with Crippen molar-refractivity contribution in [3.8, 4) is 11.5 Å². The first-order chi connectivity index (χ1) is 13.1. The molecule has 2 rings (SSSR count). The lowest BCUT2D eigenvalue weighted by molar-refractivity contribution is 0.00752. The second kappa shape index (κ2) is 13.1. The van der Waals surface area contributed by atoms with E-state index >= 15 is 0 Å². The van der Waals surface area contributed by atoms with Crippen molar-refractivity contribution < 1.29 is 14.2 Å². The fraction of sp³-hybridized carbons (Fsp3) is 0.650. The molecule has 1 fully saturated rings. The van der Waals surface area contributed by atoms with E-state index in [4.69, 9.17) is 14.2 Å². The van der Waals surface area contributed by atoms with Gasteiger partial charge in [0.15, 0.2) is 17.5 Å². The van der Waals surface area contributed by atoms with Crippen LogP contribution < -0.4 is 20.1 Å². The van der Waals surface area contributed by atoms with Gasteiger partial charge in [0, 0.05) is 39.3 Å². The summed E-state index contributed by atoms with van der Waals surface area (Å²) in [6, 6.07) is 6.36. The van der Waals surface area contributed by atoms with Gasteiger partial charge in [0.2, 0.25) is 0 Å². The van der Waals surface area contributed by atoms with Gasteiger partial charge >= 0.3 is 0 Å². The van der Waals surface area contributed by atoms with Crippen LogP contribution in [-0.2, 0) is 11.3 Å². The predicted octanol–water partition coefficient (Wildman–Crippen LogP) is 2.34. The summed E-state index contributed by atoms with van der Waals surface area (Å²) in [5.74, 6) is 2.81. The molecule has 2 N–H and O–H groups in total. The van der Waals surface area contributed by atoms with E-state index in [1.807, 2.05) is 18.2 Å². The van der Waals surface area contributed by atoms with Crippen LogP contribution in [-0.4, -0.2) is 71.0 Å². The molecular weight excluding hydrogens is 471 g/mol. The molecule has 1 saturated heterocycles. The van der Waals surface area contributed by atoms with Crippen molar-refractivity contribution >= 4 is 29.9 Å².